The predicted molar refractivity (Wildman–Crippen MR) is 454 cm³/mol. The Balaban J connectivity index is 1.43. The van der Waals surface area contributed by atoms with Crippen LogP contribution in [0, 0.1) is 0 Å². The molecule has 49 nitrogen and oxygen atoms in total. The van der Waals surface area contributed by atoms with Gasteiger partial charge in [0.25, 0.3) is 0 Å². The van der Waals surface area contributed by atoms with Gasteiger partial charge < -0.3 is 156 Å². The first kappa shape index (κ1) is 115. The summed E-state index contributed by atoms with van der Waals surface area (Å²) < 4.78 is 147. The van der Waals surface area contributed by atoms with Crippen molar-refractivity contribution in [3.05, 3.63) is 29.8 Å². The largest absolute Gasteiger partial charge is 0.463 e. The molecule has 1 aromatic carbocycles. The van der Waals surface area contributed by atoms with Crippen LogP contribution in [0.25, 0.3) is 0 Å². The normalized spacial score (nSPS) is 21.5. The molecule has 15 atom stereocenters. The van der Waals surface area contributed by atoms with Gasteiger partial charge >= 0.3 is 59.0 Å². The van der Waals surface area contributed by atoms with Crippen molar-refractivity contribution in [2.24, 2.45) is 0 Å². The van der Waals surface area contributed by atoms with Crippen LogP contribution in [0.15, 0.2) is 24.3 Å². The van der Waals surface area contributed by atoms with Crippen LogP contribution in [0.2, 0.25) is 0 Å². The lowest BCUT2D eigenvalue weighted by Crippen LogP contribution is -2.66. The Kier molecular flexibility index (Phi) is 56.0. The second kappa shape index (κ2) is 64.1. The number of esters is 9. The number of amides is 6. The lowest BCUT2D eigenvalue weighted by Gasteiger charge is -2.44. The Labute approximate surface area is 775 Å². The van der Waals surface area contributed by atoms with E-state index in [0.717, 1.165) is 48.5 Å². The number of hydrogen-bond acceptors (Lipinski definition) is 42. The standard InChI is InChI=1S/C81H125IN7O42P/c1-49(90)87-72-77(126-58(10)99)75(124-56(8)97)65(44-120-52(4)93)129-79(72)117-38-35-111-29-21-84-67(102)17-26-114-47-81(89-69(104)19-25-108-32-33-110-31-23-86-70(105)40-60-12-14-62(15-13-60)131-132(82,106)107,46-113-24-16-61(101)42-83-20-28-109-34-37-116-71-41-63(122-54(6)95)74(123-55(7)96)64(128-71)43-119-51(3)92)48-115-27-18-68(103)85-22-30-112-36-39-118-80-73(88-50(2)91)78(127-59(11)100)76(125-57(9)98)66(130-80)45-121-53(5)94/h12-15,63-66,71-80,83H,16-48H2,1-11H3,(H,84,102)(H,85,103)(H,86,105)(H,87,90)(H,88,91)(H,89,104)(H,106,107)/t63-,64-,65-,66-,71-,72-,73-,74-,75+,76+,77-,78-,79-,80-/m1/s1. The summed E-state index contributed by atoms with van der Waals surface area (Å²) in [6.45, 7) is 9.06. The van der Waals surface area contributed by atoms with E-state index >= 15 is 0 Å². The maximum Gasteiger partial charge on any atom is 0.436 e. The van der Waals surface area contributed by atoms with Crippen LogP contribution >= 0.6 is 27.3 Å². The Hall–Kier alpha value is -8.94. The molecule has 6 amide bonds. The molecule has 51 heteroatoms. The quantitative estimate of drug-likeness (QED) is 0.0116. The third-order valence-corrected chi connectivity index (χ3v) is 19.1. The molecule has 132 heavy (non-hydrogen) atoms. The van der Waals surface area contributed by atoms with Crippen molar-refractivity contribution < 1.29 is 200 Å². The molecular weight excluding hydrogens is 1900 g/mol. The Morgan fingerprint density at radius 3 is 1.18 bits per heavy atom. The van der Waals surface area contributed by atoms with Gasteiger partial charge in [0.2, 0.25) is 35.4 Å². The molecule has 3 saturated heterocycles. The van der Waals surface area contributed by atoms with Crippen molar-refractivity contribution >= 4 is 122 Å². The number of hydrogen-bond donors (Lipinski definition) is 8. The topological polar surface area (TPSA) is 616 Å². The zero-order valence-corrected chi connectivity index (χ0v) is 78.8. The molecule has 1 aromatic rings. The van der Waals surface area contributed by atoms with Crippen molar-refractivity contribution in [1.82, 2.24) is 37.2 Å². The fraction of sp³-hybridized carbons (Fsp3) is 0.728. The lowest BCUT2D eigenvalue weighted by atomic mass is 9.96. The fourth-order valence-corrected chi connectivity index (χ4v) is 13.8. The third kappa shape index (κ3) is 51.0. The van der Waals surface area contributed by atoms with Gasteiger partial charge in [-0.05, 0) is 17.7 Å². The molecule has 4 rings (SSSR count). The van der Waals surface area contributed by atoms with Crippen LogP contribution < -0.4 is 41.7 Å². The molecule has 0 radical (unpaired) electrons. The fourth-order valence-electron chi connectivity index (χ4n) is 12.7. The maximum atomic E-state index is 14.1. The number of ketones is 1. The van der Waals surface area contributed by atoms with Gasteiger partial charge in [-0.15, -0.1) is 0 Å². The van der Waals surface area contributed by atoms with Crippen molar-refractivity contribution in [1.29, 1.82) is 0 Å². The van der Waals surface area contributed by atoms with E-state index in [1.54, 1.807) is 12.1 Å². The SMILES string of the molecule is CC(=O)N[C@H]1[C@H](OCCOCCNC(=O)CCOCC(COCCC(=O)CNCCOCCO[C@H]2C[C@@H](OC(C)=O)[C@@H](OC(C)=O)[C@@H](COC(C)=O)O2)(COCCC(=O)NCCOCCO[C@@H]2O[C@H](COC(C)=O)[C@H](OC(C)=O)[C@H](OC(C)=O)[C@H]2NC(C)=O)NC(=O)CCOCCOCCNC(=O)Cc2ccc(OP(=O)(O)I)cc2)O[C@H](COC(C)=O)[C@H](OC(C)=O)[C@@H]1OC(C)=O. The summed E-state index contributed by atoms with van der Waals surface area (Å²) in [7, 11) is 0. The first-order valence-electron chi connectivity index (χ1n) is 42.3. The highest BCUT2D eigenvalue weighted by Crippen LogP contribution is 2.51. The number of ether oxygens (including phenoxy) is 23. The molecule has 748 valence electrons. The van der Waals surface area contributed by atoms with Crippen LogP contribution in [-0.2, 0) is 197 Å². The molecule has 0 aromatic heterocycles. The minimum atomic E-state index is -3.81. The molecule has 0 spiro atoms. The van der Waals surface area contributed by atoms with E-state index in [1.165, 1.54) is 61.9 Å². The molecule has 0 saturated carbocycles. The summed E-state index contributed by atoms with van der Waals surface area (Å²) in [4.78, 5) is 209. The van der Waals surface area contributed by atoms with E-state index in [4.69, 9.17) is 113 Å². The first-order valence-corrected chi connectivity index (χ1v) is 46.6. The molecule has 1 unspecified atom stereocenters. The zero-order chi connectivity index (χ0) is 97.6. The highest BCUT2D eigenvalue weighted by atomic mass is 127. The van der Waals surface area contributed by atoms with E-state index in [9.17, 15) is 86.2 Å². The van der Waals surface area contributed by atoms with Crippen LogP contribution in [-0.4, -0.2) is 369 Å². The Morgan fingerprint density at radius 1 is 0.402 bits per heavy atom. The van der Waals surface area contributed by atoms with Gasteiger partial charge in [-0.2, -0.15) is 0 Å². The lowest BCUT2D eigenvalue weighted by molar-refractivity contribution is -0.279. The molecule has 3 aliphatic heterocycles. The summed E-state index contributed by atoms with van der Waals surface area (Å²) in [5, 5.41) is 15.4. The molecular formula is C81H125IN7O42P. The average molecular weight is 2030 g/mol. The maximum absolute atomic E-state index is 14.1. The van der Waals surface area contributed by atoms with Crippen LogP contribution in [0.5, 0.6) is 5.75 Å². The van der Waals surface area contributed by atoms with Crippen LogP contribution in [0.3, 0.4) is 0 Å². The number of Topliss-reactive ketones (excluding diaryl/α,β-unsaturated/α-hetero) is 1. The number of rotatable bonds is 66. The summed E-state index contributed by atoms with van der Waals surface area (Å²) in [6, 6.07) is 3.62. The molecule has 0 aliphatic carbocycles. The van der Waals surface area contributed by atoms with Gasteiger partial charge in [0, 0.05) is 134 Å². The minimum Gasteiger partial charge on any atom is -0.463 e. The van der Waals surface area contributed by atoms with Gasteiger partial charge in [0.05, 0.1) is 161 Å². The predicted octanol–water partition coefficient (Wildman–Crippen LogP) is -1.90. The summed E-state index contributed by atoms with van der Waals surface area (Å²) >= 11 is 1.29. The van der Waals surface area contributed by atoms with Crippen molar-refractivity contribution in [2.45, 2.75) is 206 Å². The smallest absolute Gasteiger partial charge is 0.436 e. The van der Waals surface area contributed by atoms with E-state index in [2.05, 4.69) is 37.2 Å². The van der Waals surface area contributed by atoms with Gasteiger partial charge in [0.15, 0.2) is 49.4 Å². The molecule has 3 heterocycles. The van der Waals surface area contributed by atoms with Gasteiger partial charge in [-0.1, -0.05) is 12.1 Å². The minimum absolute atomic E-state index is 0.00544. The second-order valence-electron chi connectivity index (χ2n) is 29.6. The molecule has 3 aliphatic rings. The number of carbonyl (C=O) groups is 16. The number of nitrogens with one attached hydrogen (secondary N) is 7. The first-order chi connectivity index (χ1) is 62.7. The Bertz CT molecular complexity index is 3720. The van der Waals surface area contributed by atoms with E-state index in [0.29, 0.717) is 5.56 Å². The van der Waals surface area contributed by atoms with Crippen molar-refractivity contribution in [2.75, 3.05) is 178 Å². The van der Waals surface area contributed by atoms with E-state index in [-0.39, 0.29) is 221 Å². The monoisotopic (exact) mass is 2030 g/mol. The van der Waals surface area contributed by atoms with Crippen LogP contribution in [0.1, 0.15) is 114 Å². The van der Waals surface area contributed by atoms with Gasteiger partial charge in [0.1, 0.15) is 73.4 Å². The average Bonchev–Trinajstić information content (AvgIpc) is 0.781. The second-order valence-corrected chi connectivity index (χ2v) is 34.3. The molecule has 8 N–H and O–H groups in total. The molecule has 3 fully saturated rings. The number of carbonyl (C=O) groups excluding carboxylic acids is 16. The van der Waals surface area contributed by atoms with Crippen LogP contribution in [0.4, 0.5) is 0 Å². The van der Waals surface area contributed by atoms with E-state index < -0.39 is 193 Å². The van der Waals surface area contributed by atoms with Gasteiger partial charge in [-0.25, -0.2) is 4.57 Å². The van der Waals surface area contributed by atoms with E-state index in [1.807, 2.05) is 0 Å². The van der Waals surface area contributed by atoms with Gasteiger partial charge in [-0.3, -0.25) is 76.7 Å². The van der Waals surface area contributed by atoms with Crippen molar-refractivity contribution in [3.8, 4) is 5.75 Å². The third-order valence-electron chi connectivity index (χ3n) is 18.1. The Morgan fingerprint density at radius 2 is 0.765 bits per heavy atom. The summed E-state index contributed by atoms with van der Waals surface area (Å²) in [6.07, 6.45) is -15.6. The number of benzene rings is 1. The number of halogens is 1. The van der Waals surface area contributed by atoms with Crippen molar-refractivity contribution in [3.63, 3.8) is 0 Å². The molecule has 0 bridgehead atoms. The zero-order valence-electron chi connectivity index (χ0n) is 75.7. The highest BCUT2D eigenvalue weighted by molar-refractivity contribution is 14.2. The summed E-state index contributed by atoms with van der Waals surface area (Å²) in [5.74, 6) is -9.83. The summed E-state index contributed by atoms with van der Waals surface area (Å²) in [5.41, 5.74) is -0.986. The highest BCUT2D eigenvalue weighted by Gasteiger charge is 2.53.